The number of nitrogens with one attached hydrogen (secondary N) is 2. The number of carbonyl (C=O) groups is 2. The van der Waals surface area contributed by atoms with Gasteiger partial charge in [0.1, 0.15) is 12.3 Å². The number of benzene rings is 2. The maximum absolute atomic E-state index is 12.7. The van der Waals surface area contributed by atoms with E-state index in [9.17, 15) is 19.7 Å². The van der Waals surface area contributed by atoms with Gasteiger partial charge in [-0.05, 0) is 50.3 Å². The van der Waals surface area contributed by atoms with Gasteiger partial charge in [-0.1, -0.05) is 32.0 Å². The van der Waals surface area contributed by atoms with Gasteiger partial charge in [-0.3, -0.25) is 19.8 Å². The van der Waals surface area contributed by atoms with E-state index in [1.807, 2.05) is 29.2 Å². The minimum absolute atomic E-state index is 0.0545. The maximum Gasteiger partial charge on any atom is 0.414 e. The summed E-state index contributed by atoms with van der Waals surface area (Å²) in [7, 11) is 0. The minimum Gasteiger partial charge on any atom is -0.444 e. The van der Waals surface area contributed by atoms with Crippen molar-refractivity contribution in [2.75, 3.05) is 36.0 Å². The van der Waals surface area contributed by atoms with Gasteiger partial charge in [0.2, 0.25) is 0 Å². The number of para-hydroxylation sites is 1. The third-order valence-electron chi connectivity index (χ3n) is 7.13. The molecule has 1 saturated heterocycles. The summed E-state index contributed by atoms with van der Waals surface area (Å²) >= 11 is 0. The first-order chi connectivity index (χ1) is 18.2. The van der Waals surface area contributed by atoms with Crippen molar-refractivity contribution in [2.45, 2.75) is 58.7 Å². The topological polar surface area (TPSA) is 117 Å². The van der Waals surface area contributed by atoms with Crippen LogP contribution < -0.4 is 20.4 Å². The van der Waals surface area contributed by atoms with Crippen molar-refractivity contribution in [2.24, 2.45) is 5.92 Å². The van der Waals surface area contributed by atoms with Gasteiger partial charge in [0.25, 0.3) is 11.6 Å². The van der Waals surface area contributed by atoms with Gasteiger partial charge < -0.3 is 20.3 Å². The van der Waals surface area contributed by atoms with E-state index in [2.05, 4.69) is 31.4 Å². The second kappa shape index (κ2) is 12.3. The van der Waals surface area contributed by atoms with Crippen molar-refractivity contribution in [3.05, 3.63) is 63.7 Å². The van der Waals surface area contributed by atoms with Gasteiger partial charge in [-0.15, -0.1) is 0 Å². The van der Waals surface area contributed by atoms with E-state index < -0.39 is 4.92 Å². The zero-order valence-electron chi connectivity index (χ0n) is 22.3. The van der Waals surface area contributed by atoms with E-state index in [-0.39, 0.29) is 35.9 Å². The molecule has 2 aromatic rings. The minimum atomic E-state index is -0.439. The van der Waals surface area contributed by atoms with Crippen LogP contribution in [0.15, 0.2) is 42.5 Å². The summed E-state index contributed by atoms with van der Waals surface area (Å²) in [6.45, 7) is 8.88. The molecule has 0 aromatic heterocycles. The number of hydrogen-bond donors (Lipinski definition) is 2. The number of fused-ring (bicyclic) bond motifs is 1. The fraction of sp³-hybridized carbons (Fsp3) is 0.500. The number of hydrogen-bond acceptors (Lipinski definition) is 7. The highest BCUT2D eigenvalue weighted by Crippen LogP contribution is 2.35. The van der Waals surface area contributed by atoms with Gasteiger partial charge in [0, 0.05) is 55.5 Å². The van der Waals surface area contributed by atoms with Crippen molar-refractivity contribution in [1.29, 1.82) is 0 Å². The van der Waals surface area contributed by atoms with E-state index in [1.54, 1.807) is 17.0 Å². The highest BCUT2D eigenvalue weighted by molar-refractivity contribution is 5.96. The van der Waals surface area contributed by atoms with Crippen LogP contribution in [0.3, 0.4) is 0 Å². The highest BCUT2D eigenvalue weighted by atomic mass is 16.6. The number of nitro groups is 1. The Morgan fingerprint density at radius 3 is 2.55 bits per heavy atom. The third kappa shape index (κ3) is 6.42. The molecule has 0 radical (unpaired) electrons. The number of nitrogens with zero attached hydrogens (tertiary/aromatic N) is 3. The van der Waals surface area contributed by atoms with Crippen LogP contribution in [0.1, 0.15) is 56.0 Å². The molecule has 2 aliphatic rings. The van der Waals surface area contributed by atoms with Crippen molar-refractivity contribution in [3.8, 4) is 0 Å². The largest absolute Gasteiger partial charge is 0.444 e. The van der Waals surface area contributed by atoms with E-state index >= 15 is 0 Å². The molecule has 2 aliphatic heterocycles. The zero-order valence-corrected chi connectivity index (χ0v) is 22.3. The Morgan fingerprint density at radius 1 is 1.11 bits per heavy atom. The summed E-state index contributed by atoms with van der Waals surface area (Å²) in [5.41, 5.74) is 2.49. The smallest absolute Gasteiger partial charge is 0.414 e. The van der Waals surface area contributed by atoms with Crippen LogP contribution in [0.5, 0.6) is 0 Å². The average Bonchev–Trinajstić information content (AvgIpc) is 2.90. The Labute approximate surface area is 223 Å². The molecule has 204 valence electrons. The second-order valence-electron chi connectivity index (χ2n) is 10.5. The Balaban J connectivity index is 1.37. The van der Waals surface area contributed by atoms with Crippen LogP contribution in [0.25, 0.3) is 0 Å². The van der Waals surface area contributed by atoms with Crippen LogP contribution >= 0.6 is 0 Å². The predicted octanol–water partition coefficient (Wildman–Crippen LogP) is 4.47. The summed E-state index contributed by atoms with van der Waals surface area (Å²) in [6, 6.07) is 12.7. The van der Waals surface area contributed by atoms with E-state index in [1.165, 1.54) is 6.07 Å². The molecule has 1 unspecified atom stereocenters. The lowest BCUT2D eigenvalue weighted by Crippen LogP contribution is -2.49. The lowest BCUT2D eigenvalue weighted by atomic mass is 9.99. The molecule has 0 spiro atoms. The molecule has 10 heteroatoms. The van der Waals surface area contributed by atoms with Gasteiger partial charge in [0.15, 0.2) is 0 Å². The summed E-state index contributed by atoms with van der Waals surface area (Å²) in [4.78, 5) is 40.4. The third-order valence-corrected chi connectivity index (χ3v) is 7.13. The summed E-state index contributed by atoms with van der Waals surface area (Å²) in [5.74, 6) is 0.258. The van der Waals surface area contributed by atoms with Crippen molar-refractivity contribution < 1.29 is 19.2 Å². The van der Waals surface area contributed by atoms with Gasteiger partial charge in [-0.25, -0.2) is 4.79 Å². The lowest BCUT2D eigenvalue weighted by Gasteiger charge is -2.40. The lowest BCUT2D eigenvalue weighted by molar-refractivity contribution is -0.384. The number of carbonyl (C=O) groups excluding carboxylic acids is 2. The summed E-state index contributed by atoms with van der Waals surface area (Å²) < 4.78 is 5.37. The van der Waals surface area contributed by atoms with Crippen molar-refractivity contribution in [1.82, 2.24) is 10.6 Å². The van der Waals surface area contributed by atoms with E-state index in [0.29, 0.717) is 56.7 Å². The SMILES string of the molecule is CC(C)CC(C)NCCNC(=O)c1ccc(N2CCC(N3C(=O)OCc4ccccc43)CC2)c([N+](=O)[O-])c1. The molecule has 38 heavy (non-hydrogen) atoms. The fourth-order valence-corrected chi connectivity index (χ4v) is 5.35. The molecule has 1 atom stereocenters. The monoisotopic (exact) mass is 523 g/mol. The molecule has 4 rings (SSSR count). The first-order valence-electron chi connectivity index (χ1n) is 13.3. The number of piperidine rings is 1. The molecule has 0 saturated carbocycles. The van der Waals surface area contributed by atoms with Crippen LogP contribution in [0, 0.1) is 16.0 Å². The number of cyclic esters (lactones) is 1. The van der Waals surface area contributed by atoms with E-state index in [0.717, 1.165) is 17.7 Å². The average molecular weight is 524 g/mol. The van der Waals surface area contributed by atoms with Crippen LogP contribution in [-0.4, -0.2) is 55.2 Å². The Morgan fingerprint density at radius 2 is 1.84 bits per heavy atom. The molecule has 2 N–H and O–H groups in total. The maximum atomic E-state index is 12.7. The predicted molar refractivity (Wildman–Crippen MR) is 147 cm³/mol. The molecule has 2 heterocycles. The van der Waals surface area contributed by atoms with Gasteiger partial charge in [-0.2, -0.15) is 0 Å². The summed E-state index contributed by atoms with van der Waals surface area (Å²) in [6.07, 6.45) is 1.98. The zero-order chi connectivity index (χ0) is 27.2. The molecule has 10 nitrogen and oxygen atoms in total. The Hall–Kier alpha value is -3.66. The second-order valence-corrected chi connectivity index (χ2v) is 10.5. The Kier molecular flexibility index (Phi) is 8.83. The molecule has 2 aromatic carbocycles. The van der Waals surface area contributed by atoms with Crippen molar-refractivity contribution >= 4 is 29.1 Å². The normalized spacial score (nSPS) is 16.7. The molecular formula is C28H37N5O5. The van der Waals surface area contributed by atoms with E-state index in [4.69, 9.17) is 4.74 Å². The highest BCUT2D eigenvalue weighted by Gasteiger charge is 2.35. The molecule has 1 fully saturated rings. The van der Waals surface area contributed by atoms with Gasteiger partial charge >= 0.3 is 6.09 Å². The Bertz CT molecular complexity index is 1160. The molecule has 0 aliphatic carbocycles. The first-order valence-corrected chi connectivity index (χ1v) is 13.3. The van der Waals surface area contributed by atoms with Crippen LogP contribution in [0.2, 0.25) is 0 Å². The first kappa shape index (κ1) is 27.4. The number of nitro benzene ring substituents is 1. The molecule has 0 bridgehead atoms. The quantitative estimate of drug-likeness (QED) is 0.268. The number of rotatable bonds is 10. The number of amides is 2. The van der Waals surface area contributed by atoms with Crippen LogP contribution in [-0.2, 0) is 11.3 Å². The molecular weight excluding hydrogens is 486 g/mol. The number of anilines is 2. The standard InChI is InChI=1S/C28H37N5O5/c1-19(2)16-20(3)29-12-13-30-27(34)21-8-9-25(26(17-21)33(36)37)31-14-10-23(11-15-31)32-24-7-5-4-6-22(24)18-38-28(32)35/h4-9,17,19-20,23,29H,10-16,18H2,1-3H3,(H,30,34). The number of ether oxygens (including phenoxy) is 1. The molecule has 2 amide bonds. The van der Waals surface area contributed by atoms with Gasteiger partial charge in [0.05, 0.1) is 10.6 Å². The summed E-state index contributed by atoms with van der Waals surface area (Å²) in [5, 5.41) is 18.1. The van der Waals surface area contributed by atoms with Crippen molar-refractivity contribution in [3.63, 3.8) is 0 Å². The fourth-order valence-electron chi connectivity index (χ4n) is 5.35. The van der Waals surface area contributed by atoms with Crippen LogP contribution in [0.4, 0.5) is 21.9 Å².